The molecule has 4 rings (SSSR count). The number of fused-ring (bicyclic) bond motifs is 1. The molecule has 0 radical (unpaired) electrons. The number of aromatic nitrogens is 2. The zero-order chi connectivity index (χ0) is 24.2. The van der Waals surface area contributed by atoms with E-state index in [1.54, 1.807) is 54.6 Å². The summed E-state index contributed by atoms with van der Waals surface area (Å²) in [6.45, 7) is -0.0154. The number of carboxylic acid groups (broad SMARTS) is 1. The van der Waals surface area contributed by atoms with Crippen LogP contribution in [-0.4, -0.2) is 38.9 Å². The van der Waals surface area contributed by atoms with Crippen molar-refractivity contribution < 1.29 is 14.7 Å². The number of aliphatic carboxylic acids is 1. The van der Waals surface area contributed by atoms with Gasteiger partial charge in [-0.2, -0.15) is 0 Å². The zero-order valence-corrected chi connectivity index (χ0v) is 18.5. The predicted molar refractivity (Wildman–Crippen MR) is 131 cm³/mol. The van der Waals surface area contributed by atoms with E-state index in [9.17, 15) is 14.7 Å². The third kappa shape index (κ3) is 4.73. The van der Waals surface area contributed by atoms with Gasteiger partial charge in [0.15, 0.2) is 0 Å². The van der Waals surface area contributed by atoms with E-state index in [2.05, 4.69) is 10.3 Å². The molecule has 0 saturated carbocycles. The van der Waals surface area contributed by atoms with Gasteiger partial charge in [-0.15, -0.1) is 0 Å². The van der Waals surface area contributed by atoms with E-state index in [-0.39, 0.29) is 5.84 Å². The molecule has 5 N–H and O–H groups in total. The molecule has 0 saturated heterocycles. The first-order valence-electron chi connectivity index (χ1n) is 10.6. The standard InChI is InChI=1S/C25H24N6O3/c1-30-21-12-11-19(31(15-23(32)33)25(34)17-5-3-2-4-6-17)13-20(21)29-22(30)14-28-18-9-7-16(8-10-18)24(26)27/h2-13,28H,14-15H2,1H3,(H3,26,27)(H,32,33). The Labute approximate surface area is 196 Å². The molecule has 9 nitrogen and oxygen atoms in total. The Bertz CT molecular complexity index is 1360. The maximum Gasteiger partial charge on any atom is 0.323 e. The number of hydrogen-bond donors (Lipinski definition) is 4. The van der Waals surface area contributed by atoms with Gasteiger partial charge in [-0.1, -0.05) is 18.2 Å². The topological polar surface area (TPSA) is 137 Å². The highest BCUT2D eigenvalue weighted by molar-refractivity contribution is 6.08. The summed E-state index contributed by atoms with van der Waals surface area (Å²) in [6, 6.07) is 21.1. The zero-order valence-electron chi connectivity index (χ0n) is 18.5. The van der Waals surface area contributed by atoms with Crippen molar-refractivity contribution in [3.05, 3.63) is 89.7 Å². The quantitative estimate of drug-likeness (QED) is 0.237. The summed E-state index contributed by atoms with van der Waals surface area (Å²) in [5.74, 6) is -0.720. The number of amides is 1. The smallest absolute Gasteiger partial charge is 0.323 e. The van der Waals surface area contributed by atoms with Crippen LogP contribution in [0.1, 0.15) is 21.7 Å². The van der Waals surface area contributed by atoms with E-state index in [1.165, 1.54) is 4.90 Å². The van der Waals surface area contributed by atoms with E-state index < -0.39 is 18.4 Å². The summed E-state index contributed by atoms with van der Waals surface area (Å²) < 4.78 is 1.94. The fraction of sp³-hybridized carbons (Fsp3) is 0.120. The van der Waals surface area contributed by atoms with Crippen molar-refractivity contribution in [2.24, 2.45) is 12.8 Å². The number of nitrogens with zero attached hydrogens (tertiary/aromatic N) is 3. The van der Waals surface area contributed by atoms with Gasteiger partial charge < -0.3 is 20.7 Å². The number of anilines is 2. The van der Waals surface area contributed by atoms with Crippen LogP contribution in [-0.2, 0) is 18.4 Å². The number of carbonyl (C=O) groups is 2. The lowest BCUT2D eigenvalue weighted by molar-refractivity contribution is -0.135. The number of carbonyl (C=O) groups excluding carboxylic acids is 1. The van der Waals surface area contributed by atoms with Crippen LogP contribution >= 0.6 is 0 Å². The lowest BCUT2D eigenvalue weighted by Crippen LogP contribution is -2.35. The van der Waals surface area contributed by atoms with E-state index >= 15 is 0 Å². The van der Waals surface area contributed by atoms with Crippen molar-refractivity contribution in [1.29, 1.82) is 5.41 Å². The summed E-state index contributed by atoms with van der Waals surface area (Å²) in [6.07, 6.45) is 0. The molecular weight excluding hydrogens is 432 g/mol. The second-order valence-corrected chi connectivity index (χ2v) is 7.76. The molecule has 1 heterocycles. The number of nitrogens with one attached hydrogen (secondary N) is 2. The van der Waals surface area contributed by atoms with Gasteiger partial charge in [0.2, 0.25) is 0 Å². The van der Waals surface area contributed by atoms with Crippen LogP contribution in [0.2, 0.25) is 0 Å². The number of hydrogen-bond acceptors (Lipinski definition) is 5. The number of amidine groups is 1. The Morgan fingerprint density at radius 1 is 1.06 bits per heavy atom. The molecule has 34 heavy (non-hydrogen) atoms. The third-order valence-electron chi connectivity index (χ3n) is 5.47. The average molecular weight is 457 g/mol. The first-order chi connectivity index (χ1) is 16.3. The van der Waals surface area contributed by atoms with Crippen LogP contribution in [0.3, 0.4) is 0 Å². The number of nitrogen functional groups attached to an aromatic ring is 1. The lowest BCUT2D eigenvalue weighted by atomic mass is 10.1. The molecule has 0 atom stereocenters. The summed E-state index contributed by atoms with van der Waals surface area (Å²) in [5, 5.41) is 20.2. The highest BCUT2D eigenvalue weighted by atomic mass is 16.4. The Morgan fingerprint density at radius 2 is 1.76 bits per heavy atom. The van der Waals surface area contributed by atoms with Gasteiger partial charge in [0, 0.05) is 29.5 Å². The van der Waals surface area contributed by atoms with Gasteiger partial charge in [-0.25, -0.2) is 4.98 Å². The summed E-state index contributed by atoms with van der Waals surface area (Å²) in [4.78, 5) is 30.4. The molecule has 0 fully saturated rings. The molecule has 1 amide bonds. The van der Waals surface area contributed by atoms with Gasteiger partial charge in [0.25, 0.3) is 5.91 Å². The molecular formula is C25H24N6O3. The third-order valence-corrected chi connectivity index (χ3v) is 5.47. The van der Waals surface area contributed by atoms with Crippen LogP contribution in [0.5, 0.6) is 0 Å². The van der Waals surface area contributed by atoms with Gasteiger partial charge in [0.05, 0.1) is 17.6 Å². The van der Waals surface area contributed by atoms with Crippen molar-refractivity contribution >= 4 is 40.1 Å². The second-order valence-electron chi connectivity index (χ2n) is 7.76. The Morgan fingerprint density at radius 3 is 2.41 bits per heavy atom. The average Bonchev–Trinajstić information content (AvgIpc) is 3.16. The number of rotatable bonds is 8. The van der Waals surface area contributed by atoms with Crippen molar-refractivity contribution in [3.8, 4) is 0 Å². The first-order valence-corrected chi connectivity index (χ1v) is 10.6. The minimum atomic E-state index is -1.11. The normalized spacial score (nSPS) is 10.7. The summed E-state index contributed by atoms with van der Waals surface area (Å²) in [5.41, 5.74) is 9.38. The molecule has 0 aliphatic carbocycles. The minimum Gasteiger partial charge on any atom is -0.480 e. The van der Waals surface area contributed by atoms with E-state index in [0.717, 1.165) is 17.0 Å². The molecule has 1 aromatic heterocycles. The van der Waals surface area contributed by atoms with Crippen molar-refractivity contribution in [2.75, 3.05) is 16.8 Å². The van der Waals surface area contributed by atoms with Gasteiger partial charge >= 0.3 is 5.97 Å². The molecule has 172 valence electrons. The molecule has 0 unspecified atom stereocenters. The lowest BCUT2D eigenvalue weighted by Gasteiger charge is -2.21. The Kier molecular flexibility index (Phi) is 6.26. The van der Waals surface area contributed by atoms with E-state index in [0.29, 0.717) is 28.9 Å². The molecule has 9 heteroatoms. The number of nitrogens with two attached hydrogens (primary N) is 1. The maximum absolute atomic E-state index is 13.0. The highest BCUT2D eigenvalue weighted by Gasteiger charge is 2.21. The molecule has 4 aromatic rings. The highest BCUT2D eigenvalue weighted by Crippen LogP contribution is 2.24. The number of benzene rings is 3. The first kappa shape index (κ1) is 22.5. The number of imidazole rings is 1. The van der Waals surface area contributed by atoms with Crippen LogP contribution in [0.15, 0.2) is 72.8 Å². The molecule has 3 aromatic carbocycles. The van der Waals surface area contributed by atoms with Gasteiger partial charge in [-0.3, -0.25) is 19.9 Å². The summed E-state index contributed by atoms with van der Waals surface area (Å²) in [7, 11) is 1.90. The molecule has 0 spiro atoms. The fourth-order valence-corrected chi connectivity index (χ4v) is 3.67. The minimum absolute atomic E-state index is 0.0143. The molecule has 0 aliphatic rings. The van der Waals surface area contributed by atoms with Crippen molar-refractivity contribution in [2.45, 2.75) is 6.54 Å². The van der Waals surface area contributed by atoms with Crippen molar-refractivity contribution in [3.63, 3.8) is 0 Å². The number of carboxylic acids is 1. The van der Waals surface area contributed by atoms with Crippen LogP contribution < -0.4 is 16.0 Å². The largest absolute Gasteiger partial charge is 0.480 e. The Balaban J connectivity index is 1.59. The van der Waals surface area contributed by atoms with Crippen LogP contribution in [0.25, 0.3) is 11.0 Å². The van der Waals surface area contributed by atoms with Gasteiger partial charge in [0.1, 0.15) is 18.2 Å². The Hall–Kier alpha value is -4.66. The fourth-order valence-electron chi connectivity index (χ4n) is 3.67. The van der Waals surface area contributed by atoms with Crippen LogP contribution in [0.4, 0.5) is 11.4 Å². The predicted octanol–water partition coefficient (Wildman–Crippen LogP) is 3.20. The SMILES string of the molecule is Cn1c(CNc2ccc(C(=N)N)cc2)nc2cc(N(CC(=O)O)C(=O)c3ccccc3)ccc21. The monoisotopic (exact) mass is 456 g/mol. The molecule has 0 bridgehead atoms. The van der Waals surface area contributed by atoms with E-state index in [4.69, 9.17) is 11.1 Å². The van der Waals surface area contributed by atoms with Crippen molar-refractivity contribution in [1.82, 2.24) is 9.55 Å². The van der Waals surface area contributed by atoms with Crippen LogP contribution in [0, 0.1) is 5.41 Å². The molecule has 0 aliphatic heterocycles. The van der Waals surface area contributed by atoms with E-state index in [1.807, 2.05) is 29.8 Å². The van der Waals surface area contributed by atoms with Gasteiger partial charge in [-0.05, 0) is 54.6 Å². The summed E-state index contributed by atoms with van der Waals surface area (Å²) >= 11 is 0. The maximum atomic E-state index is 13.0. The number of aryl methyl sites for hydroxylation is 1. The second kappa shape index (κ2) is 9.45.